The van der Waals surface area contributed by atoms with Crippen LogP contribution in [-0.4, -0.2) is 44.8 Å². The summed E-state index contributed by atoms with van der Waals surface area (Å²) in [6, 6.07) is 15.8. The summed E-state index contributed by atoms with van der Waals surface area (Å²) in [5.41, 5.74) is 2.49. The van der Waals surface area contributed by atoms with Gasteiger partial charge in [-0.05, 0) is 30.5 Å². The topological polar surface area (TPSA) is 60.3 Å². The molecule has 2 aromatic heterocycles. The fourth-order valence-corrected chi connectivity index (χ4v) is 3.67. The standard InChI is InChI=1S/C23H26N4O2/c1-16(2)20-14-26(15-21(29-20)18-9-5-4-6-10-18)23(28)19-13-25-27(17(19)3)22-11-7-8-12-24-22/h4-13,16,20-21H,14-15H2,1-3H3/t20-,21+/m1/s1. The lowest BCUT2D eigenvalue weighted by molar-refractivity contribution is -0.0954. The second kappa shape index (κ2) is 8.17. The van der Waals surface area contributed by atoms with Crippen LogP contribution in [0.2, 0.25) is 0 Å². The first-order valence-corrected chi connectivity index (χ1v) is 10.0. The lowest BCUT2D eigenvalue weighted by Gasteiger charge is -2.40. The van der Waals surface area contributed by atoms with E-state index in [0.717, 1.165) is 11.3 Å². The van der Waals surface area contributed by atoms with Crippen molar-refractivity contribution in [2.45, 2.75) is 33.0 Å². The van der Waals surface area contributed by atoms with E-state index < -0.39 is 0 Å². The zero-order valence-electron chi connectivity index (χ0n) is 17.0. The SMILES string of the molecule is Cc1c(C(=O)N2C[C@@H](c3ccccc3)O[C@@H](C(C)C)C2)cnn1-c1ccccn1. The molecule has 0 unspecified atom stereocenters. The molecular weight excluding hydrogens is 364 g/mol. The van der Waals surface area contributed by atoms with Gasteiger partial charge in [0.05, 0.1) is 30.1 Å². The number of morpholine rings is 1. The summed E-state index contributed by atoms with van der Waals surface area (Å²) >= 11 is 0. The van der Waals surface area contributed by atoms with Gasteiger partial charge in [0, 0.05) is 12.7 Å². The van der Waals surface area contributed by atoms with Gasteiger partial charge in [0.15, 0.2) is 5.82 Å². The predicted octanol–water partition coefficient (Wildman–Crippen LogP) is 3.81. The van der Waals surface area contributed by atoms with Crippen molar-refractivity contribution in [3.8, 4) is 5.82 Å². The second-order valence-corrected chi connectivity index (χ2v) is 7.77. The molecule has 6 heteroatoms. The molecule has 3 aromatic rings. The minimum Gasteiger partial charge on any atom is -0.366 e. The third-order valence-electron chi connectivity index (χ3n) is 5.43. The van der Waals surface area contributed by atoms with E-state index in [1.54, 1.807) is 17.1 Å². The van der Waals surface area contributed by atoms with E-state index in [1.165, 1.54) is 0 Å². The van der Waals surface area contributed by atoms with Gasteiger partial charge < -0.3 is 9.64 Å². The molecule has 2 atom stereocenters. The fraction of sp³-hybridized carbons (Fsp3) is 0.348. The lowest BCUT2D eigenvalue weighted by Crippen LogP contribution is -2.48. The van der Waals surface area contributed by atoms with Crippen LogP contribution >= 0.6 is 0 Å². The van der Waals surface area contributed by atoms with E-state index in [0.29, 0.717) is 30.4 Å². The summed E-state index contributed by atoms with van der Waals surface area (Å²) in [4.78, 5) is 19.6. The van der Waals surface area contributed by atoms with E-state index in [9.17, 15) is 4.79 Å². The van der Waals surface area contributed by atoms with E-state index in [1.807, 2.05) is 48.2 Å². The Kier molecular flexibility index (Phi) is 5.45. The second-order valence-electron chi connectivity index (χ2n) is 7.77. The van der Waals surface area contributed by atoms with Crippen molar-refractivity contribution in [3.05, 3.63) is 77.7 Å². The molecule has 1 amide bonds. The molecule has 0 radical (unpaired) electrons. The zero-order chi connectivity index (χ0) is 20.4. The maximum atomic E-state index is 13.4. The van der Waals surface area contributed by atoms with Gasteiger partial charge in [-0.1, -0.05) is 50.2 Å². The van der Waals surface area contributed by atoms with E-state index in [2.05, 4.69) is 36.1 Å². The van der Waals surface area contributed by atoms with Crippen molar-refractivity contribution in [3.63, 3.8) is 0 Å². The Morgan fingerprint density at radius 2 is 1.86 bits per heavy atom. The number of amides is 1. The first-order valence-electron chi connectivity index (χ1n) is 10.0. The Morgan fingerprint density at radius 1 is 1.10 bits per heavy atom. The number of benzene rings is 1. The number of pyridine rings is 1. The summed E-state index contributed by atoms with van der Waals surface area (Å²) in [7, 11) is 0. The fourth-order valence-electron chi connectivity index (χ4n) is 3.67. The number of rotatable bonds is 4. The number of hydrogen-bond donors (Lipinski definition) is 0. The highest BCUT2D eigenvalue weighted by Gasteiger charge is 2.34. The number of hydrogen-bond acceptors (Lipinski definition) is 4. The van der Waals surface area contributed by atoms with Crippen molar-refractivity contribution in [2.75, 3.05) is 13.1 Å². The van der Waals surface area contributed by atoms with Crippen molar-refractivity contribution >= 4 is 5.91 Å². The van der Waals surface area contributed by atoms with Crippen molar-refractivity contribution in [2.24, 2.45) is 5.92 Å². The minimum atomic E-state index is -0.132. The highest BCUT2D eigenvalue weighted by molar-refractivity contribution is 5.95. The van der Waals surface area contributed by atoms with Crippen LogP contribution in [0, 0.1) is 12.8 Å². The molecule has 0 saturated carbocycles. The van der Waals surface area contributed by atoms with E-state index in [-0.39, 0.29) is 18.1 Å². The summed E-state index contributed by atoms with van der Waals surface area (Å²) in [5.74, 6) is 1.00. The Bertz CT molecular complexity index is 969. The molecule has 3 heterocycles. The smallest absolute Gasteiger partial charge is 0.257 e. The monoisotopic (exact) mass is 390 g/mol. The zero-order valence-corrected chi connectivity index (χ0v) is 17.0. The average Bonchev–Trinajstić information content (AvgIpc) is 3.15. The van der Waals surface area contributed by atoms with E-state index >= 15 is 0 Å². The molecule has 0 bridgehead atoms. The van der Waals surface area contributed by atoms with Gasteiger partial charge in [-0.2, -0.15) is 5.10 Å². The Hall–Kier alpha value is -2.99. The number of carbonyl (C=O) groups is 1. The van der Waals surface area contributed by atoms with Crippen LogP contribution in [0.3, 0.4) is 0 Å². The first-order chi connectivity index (χ1) is 14.0. The summed E-state index contributed by atoms with van der Waals surface area (Å²) in [6.07, 6.45) is 3.22. The molecule has 4 rings (SSSR count). The van der Waals surface area contributed by atoms with Gasteiger partial charge >= 0.3 is 0 Å². The molecule has 0 N–H and O–H groups in total. The van der Waals surface area contributed by atoms with Crippen LogP contribution in [0.1, 0.15) is 41.6 Å². The molecule has 6 nitrogen and oxygen atoms in total. The molecule has 1 fully saturated rings. The molecule has 150 valence electrons. The Morgan fingerprint density at radius 3 is 2.55 bits per heavy atom. The maximum absolute atomic E-state index is 13.4. The number of nitrogens with zero attached hydrogens (tertiary/aromatic N) is 4. The van der Waals surface area contributed by atoms with Crippen molar-refractivity contribution < 1.29 is 9.53 Å². The molecule has 0 aliphatic carbocycles. The maximum Gasteiger partial charge on any atom is 0.257 e. The quantitative estimate of drug-likeness (QED) is 0.680. The van der Waals surface area contributed by atoms with Crippen molar-refractivity contribution in [1.82, 2.24) is 19.7 Å². The molecule has 0 spiro atoms. The molecule has 1 aliphatic rings. The van der Waals surface area contributed by atoms with Crippen LogP contribution < -0.4 is 0 Å². The Balaban J connectivity index is 1.61. The summed E-state index contributed by atoms with van der Waals surface area (Å²) < 4.78 is 8.04. The number of aromatic nitrogens is 3. The van der Waals surface area contributed by atoms with Gasteiger partial charge in [-0.3, -0.25) is 4.79 Å². The number of ether oxygens (including phenoxy) is 1. The molecular formula is C23H26N4O2. The Labute approximate surface area is 171 Å². The van der Waals surface area contributed by atoms with Gasteiger partial charge in [-0.15, -0.1) is 0 Å². The van der Waals surface area contributed by atoms with Crippen LogP contribution in [0.25, 0.3) is 5.82 Å². The van der Waals surface area contributed by atoms with Crippen molar-refractivity contribution in [1.29, 1.82) is 0 Å². The van der Waals surface area contributed by atoms with Crippen LogP contribution in [-0.2, 0) is 4.74 Å². The molecule has 29 heavy (non-hydrogen) atoms. The largest absolute Gasteiger partial charge is 0.366 e. The van der Waals surface area contributed by atoms with Gasteiger partial charge in [-0.25, -0.2) is 9.67 Å². The first kappa shape index (κ1) is 19.3. The van der Waals surface area contributed by atoms with Crippen LogP contribution in [0.4, 0.5) is 0 Å². The van der Waals surface area contributed by atoms with Gasteiger partial charge in [0.25, 0.3) is 5.91 Å². The summed E-state index contributed by atoms with van der Waals surface area (Å²) in [5, 5.41) is 4.41. The lowest BCUT2D eigenvalue weighted by atomic mass is 10.0. The minimum absolute atomic E-state index is 0.0101. The molecule has 1 saturated heterocycles. The highest BCUT2D eigenvalue weighted by Crippen LogP contribution is 2.29. The molecule has 1 aliphatic heterocycles. The van der Waals surface area contributed by atoms with Gasteiger partial charge in [0.2, 0.25) is 0 Å². The average molecular weight is 390 g/mol. The normalized spacial score (nSPS) is 19.5. The highest BCUT2D eigenvalue weighted by atomic mass is 16.5. The molecule has 1 aromatic carbocycles. The number of carbonyl (C=O) groups excluding carboxylic acids is 1. The van der Waals surface area contributed by atoms with Crippen LogP contribution in [0.15, 0.2) is 60.9 Å². The van der Waals surface area contributed by atoms with E-state index in [4.69, 9.17) is 4.74 Å². The predicted molar refractivity (Wildman–Crippen MR) is 111 cm³/mol. The summed E-state index contributed by atoms with van der Waals surface area (Å²) in [6.45, 7) is 7.27. The third kappa shape index (κ3) is 3.93. The van der Waals surface area contributed by atoms with Crippen LogP contribution in [0.5, 0.6) is 0 Å². The third-order valence-corrected chi connectivity index (χ3v) is 5.43. The van der Waals surface area contributed by atoms with Gasteiger partial charge in [0.1, 0.15) is 6.10 Å².